The number of nitrogens with one attached hydrogen (secondary N) is 2. The molecular weight excluding hydrogens is 566 g/mol. The number of hydrogen-bond donors (Lipinski definition) is 3. The number of ketones is 1. The number of amides is 1. The minimum Gasteiger partial charge on any atom is -0.465 e. The predicted molar refractivity (Wildman–Crippen MR) is 145 cm³/mol. The van der Waals surface area contributed by atoms with Gasteiger partial charge in [-0.1, -0.05) is 41.4 Å². The van der Waals surface area contributed by atoms with Gasteiger partial charge in [-0.3, -0.25) is 25.0 Å². The Balaban J connectivity index is 1.65. The lowest BCUT2D eigenvalue weighted by Gasteiger charge is -2.30. The normalized spacial score (nSPS) is 23.1. The molecule has 1 saturated heterocycles. The molecule has 4 atom stereocenters. The summed E-state index contributed by atoms with van der Waals surface area (Å²) < 4.78 is 20.2. The number of hydrogen-bond acceptors (Lipinski definition) is 8. The number of carbonyl (C=O) groups excluding carboxylic acids is 3. The molecule has 1 spiro atoms. The minimum atomic E-state index is -1.84. The molecule has 2 aliphatic rings. The van der Waals surface area contributed by atoms with E-state index >= 15 is 4.39 Å². The molecule has 1 fully saturated rings. The average molecular weight is 587 g/mol. The average Bonchev–Trinajstić information content (AvgIpc) is 3.39. The molecule has 0 saturated carbocycles. The Morgan fingerprint density at radius 1 is 1.18 bits per heavy atom. The van der Waals surface area contributed by atoms with E-state index in [2.05, 4.69) is 10.6 Å². The quantitative estimate of drug-likeness (QED) is 0.127. The Labute approximate surface area is 236 Å². The molecule has 10 nitrogen and oxygen atoms in total. The highest BCUT2D eigenvalue weighted by atomic mass is 35.5. The SMILES string of the molecule is COC(=O)c1ccc(N)c(C(=O)C[C@@H]2N[C@@]3(C(=O)Nc4cc(Cl)ccc43)[C@@H](c3cccc(Cl)c3F)[C@@H]2[N+](=O)[O-])c1. The van der Waals surface area contributed by atoms with Gasteiger partial charge in [0.25, 0.3) is 0 Å². The number of carbonyl (C=O) groups is 3. The second-order valence-corrected chi connectivity index (χ2v) is 10.4. The highest BCUT2D eigenvalue weighted by Gasteiger charge is 2.67. The zero-order valence-electron chi connectivity index (χ0n) is 20.7. The molecule has 206 valence electrons. The number of rotatable bonds is 6. The summed E-state index contributed by atoms with van der Waals surface area (Å²) in [5.41, 5.74) is 4.64. The summed E-state index contributed by atoms with van der Waals surface area (Å²) >= 11 is 12.2. The summed E-state index contributed by atoms with van der Waals surface area (Å²) in [6.45, 7) is 0. The van der Waals surface area contributed by atoms with Gasteiger partial charge in [-0.2, -0.15) is 0 Å². The number of Topliss-reactive ketones (excluding diaryl/α,β-unsaturated/α-hetero) is 1. The predicted octanol–water partition coefficient (Wildman–Crippen LogP) is 4.32. The zero-order valence-corrected chi connectivity index (χ0v) is 22.3. The first-order valence-electron chi connectivity index (χ1n) is 12.0. The number of benzene rings is 3. The van der Waals surface area contributed by atoms with Gasteiger partial charge in [0.15, 0.2) is 5.78 Å². The maximum atomic E-state index is 15.5. The highest BCUT2D eigenvalue weighted by Crippen LogP contribution is 2.54. The first-order chi connectivity index (χ1) is 19.0. The number of ether oxygens (including phenoxy) is 1. The third-order valence-electron chi connectivity index (χ3n) is 7.39. The van der Waals surface area contributed by atoms with E-state index < -0.39 is 58.4 Å². The van der Waals surface area contributed by atoms with Crippen LogP contribution in [0.3, 0.4) is 0 Å². The highest BCUT2D eigenvalue weighted by molar-refractivity contribution is 6.31. The second kappa shape index (κ2) is 10.2. The summed E-state index contributed by atoms with van der Waals surface area (Å²) in [5, 5.41) is 18.4. The van der Waals surface area contributed by atoms with E-state index in [4.69, 9.17) is 33.7 Å². The fourth-order valence-corrected chi connectivity index (χ4v) is 6.04. The summed E-state index contributed by atoms with van der Waals surface area (Å²) in [7, 11) is 1.18. The fourth-order valence-electron chi connectivity index (χ4n) is 5.69. The minimum absolute atomic E-state index is 0.0408. The van der Waals surface area contributed by atoms with Crippen molar-refractivity contribution >= 4 is 52.2 Å². The van der Waals surface area contributed by atoms with Gasteiger partial charge in [-0.15, -0.1) is 0 Å². The van der Waals surface area contributed by atoms with Crippen LogP contribution < -0.4 is 16.4 Å². The summed E-state index contributed by atoms with van der Waals surface area (Å²) in [5.74, 6) is -4.35. The van der Waals surface area contributed by atoms with E-state index in [1.807, 2.05) is 0 Å². The van der Waals surface area contributed by atoms with Crippen LogP contribution in [-0.4, -0.2) is 41.8 Å². The Morgan fingerprint density at radius 3 is 2.62 bits per heavy atom. The van der Waals surface area contributed by atoms with Crippen LogP contribution in [0.25, 0.3) is 0 Å². The van der Waals surface area contributed by atoms with Crippen molar-refractivity contribution in [1.29, 1.82) is 0 Å². The Bertz CT molecular complexity index is 1600. The number of nitrogens with two attached hydrogens (primary N) is 1. The van der Waals surface area contributed by atoms with Gasteiger partial charge in [-0.05, 0) is 36.4 Å². The van der Waals surface area contributed by atoms with Crippen molar-refractivity contribution in [3.8, 4) is 0 Å². The molecule has 3 aromatic carbocycles. The first kappa shape index (κ1) is 27.5. The van der Waals surface area contributed by atoms with Gasteiger partial charge in [0.1, 0.15) is 11.4 Å². The van der Waals surface area contributed by atoms with E-state index in [1.165, 1.54) is 61.7 Å². The monoisotopic (exact) mass is 586 g/mol. The molecular formula is C27H21Cl2FN4O6. The maximum absolute atomic E-state index is 15.5. The molecule has 0 aromatic heterocycles. The lowest BCUT2D eigenvalue weighted by Crippen LogP contribution is -2.49. The van der Waals surface area contributed by atoms with Gasteiger partial charge < -0.3 is 15.8 Å². The van der Waals surface area contributed by atoms with Crippen LogP contribution >= 0.6 is 23.2 Å². The first-order valence-corrected chi connectivity index (χ1v) is 12.7. The van der Waals surface area contributed by atoms with Crippen molar-refractivity contribution in [3.63, 3.8) is 0 Å². The Morgan fingerprint density at radius 2 is 1.93 bits per heavy atom. The van der Waals surface area contributed by atoms with Gasteiger partial charge >= 0.3 is 5.97 Å². The van der Waals surface area contributed by atoms with Crippen molar-refractivity contribution in [2.45, 2.75) is 30.0 Å². The summed E-state index contributed by atoms with van der Waals surface area (Å²) in [6.07, 6.45) is -0.503. The van der Waals surface area contributed by atoms with Gasteiger partial charge in [0.05, 0.1) is 29.7 Å². The van der Waals surface area contributed by atoms with Gasteiger partial charge in [-0.25, -0.2) is 9.18 Å². The van der Waals surface area contributed by atoms with Crippen molar-refractivity contribution in [2.75, 3.05) is 18.2 Å². The number of nitrogens with zero attached hydrogens (tertiary/aromatic N) is 1. The number of fused-ring (bicyclic) bond motifs is 2. The second-order valence-electron chi connectivity index (χ2n) is 9.52. The van der Waals surface area contributed by atoms with Crippen LogP contribution in [0.15, 0.2) is 54.6 Å². The van der Waals surface area contributed by atoms with Gasteiger partial charge in [0.2, 0.25) is 11.9 Å². The number of methoxy groups -OCH3 is 1. The smallest absolute Gasteiger partial charge is 0.337 e. The van der Waals surface area contributed by atoms with E-state index in [0.717, 1.165) is 0 Å². The van der Waals surface area contributed by atoms with Crippen molar-refractivity contribution < 1.29 is 28.4 Å². The largest absolute Gasteiger partial charge is 0.465 e. The molecule has 2 aliphatic heterocycles. The molecule has 0 radical (unpaired) electrons. The molecule has 0 aliphatic carbocycles. The molecule has 13 heteroatoms. The van der Waals surface area contributed by atoms with Crippen LogP contribution in [-0.2, 0) is 15.1 Å². The van der Waals surface area contributed by atoms with Crippen molar-refractivity contribution in [3.05, 3.63) is 103 Å². The molecule has 4 N–H and O–H groups in total. The summed E-state index contributed by atoms with van der Waals surface area (Å²) in [6, 6.07) is 9.61. The van der Waals surface area contributed by atoms with Crippen LogP contribution in [0.1, 0.15) is 44.2 Å². The zero-order chi connectivity index (χ0) is 28.9. The number of nitro groups is 1. The third kappa shape index (κ3) is 4.26. The molecule has 2 heterocycles. The van der Waals surface area contributed by atoms with Crippen molar-refractivity contribution in [1.82, 2.24) is 5.32 Å². The topological polar surface area (TPSA) is 154 Å². The van der Waals surface area contributed by atoms with Gasteiger partial charge in [0, 0.05) is 44.4 Å². The van der Waals surface area contributed by atoms with E-state index in [1.54, 1.807) is 0 Å². The lowest BCUT2D eigenvalue weighted by molar-refractivity contribution is -0.526. The van der Waals surface area contributed by atoms with Crippen LogP contribution in [0.5, 0.6) is 0 Å². The third-order valence-corrected chi connectivity index (χ3v) is 7.91. The standard InChI is InChI=1S/C27H21Cl2FN4O6/c1-40-25(36)12-5-8-18(31)15(9-12)21(35)11-20-24(34(38)39)22(14-3-2-4-17(29)23(14)30)27(33-20)16-7-6-13(28)10-19(16)32-26(27)37/h2-10,20,22,24,33H,11,31H2,1H3,(H,32,37)/t20-,22-,24+,27+/m0/s1. The van der Waals surface area contributed by atoms with E-state index in [-0.39, 0.29) is 27.4 Å². The number of anilines is 2. The molecule has 1 amide bonds. The number of esters is 1. The molecule has 0 unspecified atom stereocenters. The Kier molecular flexibility index (Phi) is 6.99. The number of halogens is 3. The van der Waals surface area contributed by atoms with Crippen molar-refractivity contribution in [2.24, 2.45) is 0 Å². The fraction of sp³-hybridized carbons (Fsp3) is 0.222. The van der Waals surface area contributed by atoms with Crippen LogP contribution in [0.2, 0.25) is 10.0 Å². The molecule has 40 heavy (non-hydrogen) atoms. The molecule has 0 bridgehead atoms. The number of nitrogen functional groups attached to an aromatic ring is 1. The summed E-state index contributed by atoms with van der Waals surface area (Å²) in [4.78, 5) is 51.2. The van der Waals surface area contributed by atoms with Crippen LogP contribution in [0, 0.1) is 15.9 Å². The molecule has 5 rings (SSSR count). The molecule has 3 aromatic rings. The van der Waals surface area contributed by atoms with E-state index in [0.29, 0.717) is 16.3 Å². The lowest BCUT2D eigenvalue weighted by atomic mass is 9.74. The Hall–Kier alpha value is -4.06. The van der Waals surface area contributed by atoms with Crippen LogP contribution in [0.4, 0.5) is 15.8 Å². The maximum Gasteiger partial charge on any atom is 0.337 e. The van der Waals surface area contributed by atoms with E-state index in [9.17, 15) is 24.5 Å².